The van der Waals surface area contributed by atoms with Crippen molar-refractivity contribution in [3.8, 4) is 17.0 Å². The topological polar surface area (TPSA) is 53.1 Å². The van der Waals surface area contributed by atoms with Gasteiger partial charge in [0.2, 0.25) is 0 Å². The molecular weight excluding hydrogens is 250 g/mol. The molecule has 1 aromatic heterocycles. The van der Waals surface area contributed by atoms with Gasteiger partial charge in [-0.05, 0) is 31.0 Å². The van der Waals surface area contributed by atoms with Crippen molar-refractivity contribution in [3.05, 3.63) is 28.3 Å². The molecule has 0 fully saturated rings. The molecule has 0 aliphatic carbocycles. The molecule has 0 aliphatic heterocycles. The lowest BCUT2D eigenvalue weighted by Gasteiger charge is -2.14. The number of ether oxygens (including phenoxy) is 1. The number of benzene rings is 1. The highest BCUT2D eigenvalue weighted by atomic mass is 35.5. The van der Waals surface area contributed by atoms with Crippen molar-refractivity contribution in [2.45, 2.75) is 13.8 Å². The van der Waals surface area contributed by atoms with Gasteiger partial charge in [0.15, 0.2) is 0 Å². The van der Waals surface area contributed by atoms with Crippen LogP contribution in [0.3, 0.4) is 0 Å². The van der Waals surface area contributed by atoms with Gasteiger partial charge >= 0.3 is 0 Å². The fourth-order valence-corrected chi connectivity index (χ4v) is 2.28. The number of nitrogens with zero attached hydrogens (tertiary/aromatic N) is 2. The summed E-state index contributed by atoms with van der Waals surface area (Å²) in [5.41, 5.74) is 9.41. The summed E-state index contributed by atoms with van der Waals surface area (Å²) < 4.78 is 7.10. The first-order valence-electron chi connectivity index (χ1n) is 5.59. The quantitative estimate of drug-likeness (QED) is 0.908. The van der Waals surface area contributed by atoms with Crippen LogP contribution < -0.4 is 10.5 Å². The molecule has 2 N–H and O–H groups in total. The molecule has 0 amide bonds. The van der Waals surface area contributed by atoms with E-state index in [2.05, 4.69) is 5.10 Å². The third-order valence-electron chi connectivity index (χ3n) is 3.04. The van der Waals surface area contributed by atoms with Gasteiger partial charge in [0.1, 0.15) is 11.6 Å². The molecule has 1 heterocycles. The maximum atomic E-state index is 6.22. The van der Waals surface area contributed by atoms with Gasteiger partial charge < -0.3 is 10.5 Å². The third-order valence-corrected chi connectivity index (χ3v) is 3.43. The highest BCUT2D eigenvalue weighted by molar-refractivity contribution is 6.32. The molecule has 0 atom stereocenters. The second kappa shape index (κ2) is 4.53. The summed E-state index contributed by atoms with van der Waals surface area (Å²) in [6, 6.07) is 3.71. The molecule has 0 bridgehead atoms. The predicted molar refractivity (Wildman–Crippen MR) is 74.1 cm³/mol. The van der Waals surface area contributed by atoms with E-state index in [0.717, 1.165) is 28.1 Å². The maximum absolute atomic E-state index is 6.22. The van der Waals surface area contributed by atoms with Crippen LogP contribution in [0.25, 0.3) is 11.3 Å². The van der Waals surface area contributed by atoms with Crippen LogP contribution in [0.2, 0.25) is 5.02 Å². The highest BCUT2D eigenvalue weighted by Crippen LogP contribution is 2.39. The first-order valence-corrected chi connectivity index (χ1v) is 5.97. The number of methoxy groups -OCH3 is 1. The van der Waals surface area contributed by atoms with Gasteiger partial charge in [-0.25, -0.2) is 0 Å². The van der Waals surface area contributed by atoms with E-state index in [1.165, 1.54) is 0 Å². The largest absolute Gasteiger partial charge is 0.496 e. The molecule has 0 saturated carbocycles. The Hall–Kier alpha value is -1.68. The maximum Gasteiger partial charge on any atom is 0.131 e. The Morgan fingerprint density at radius 3 is 2.50 bits per heavy atom. The van der Waals surface area contributed by atoms with E-state index in [1.807, 2.05) is 26.0 Å². The summed E-state index contributed by atoms with van der Waals surface area (Å²) >= 11 is 6.22. The number of hydrogen-bond acceptors (Lipinski definition) is 3. The van der Waals surface area contributed by atoms with Crippen LogP contribution in [0.1, 0.15) is 11.1 Å². The molecule has 0 radical (unpaired) electrons. The monoisotopic (exact) mass is 265 g/mol. The average Bonchev–Trinajstić information content (AvgIpc) is 2.63. The first-order chi connectivity index (χ1) is 8.45. The van der Waals surface area contributed by atoms with Gasteiger partial charge in [0.25, 0.3) is 0 Å². The van der Waals surface area contributed by atoms with Crippen molar-refractivity contribution in [2.24, 2.45) is 7.05 Å². The second-order valence-electron chi connectivity index (χ2n) is 4.29. The number of aromatic nitrogens is 2. The number of nitrogens with two attached hydrogens (primary N) is 1. The summed E-state index contributed by atoms with van der Waals surface area (Å²) in [5.74, 6) is 1.39. The fraction of sp³-hybridized carbons (Fsp3) is 0.308. The number of rotatable bonds is 2. The number of hydrogen-bond donors (Lipinski definition) is 1. The van der Waals surface area contributed by atoms with E-state index in [1.54, 1.807) is 18.8 Å². The lowest BCUT2D eigenvalue weighted by atomic mass is 10.0. The van der Waals surface area contributed by atoms with Crippen molar-refractivity contribution in [3.63, 3.8) is 0 Å². The van der Waals surface area contributed by atoms with E-state index in [4.69, 9.17) is 22.1 Å². The lowest BCUT2D eigenvalue weighted by molar-refractivity contribution is 0.413. The zero-order valence-corrected chi connectivity index (χ0v) is 11.7. The third kappa shape index (κ3) is 1.93. The zero-order valence-electron chi connectivity index (χ0n) is 10.9. The average molecular weight is 266 g/mol. The Bertz CT molecular complexity index is 585. The number of aryl methyl sites for hydroxylation is 2. The Morgan fingerprint density at radius 2 is 2.00 bits per heavy atom. The molecule has 0 unspecified atom stereocenters. The van der Waals surface area contributed by atoms with E-state index in [9.17, 15) is 0 Å². The summed E-state index contributed by atoms with van der Waals surface area (Å²) in [6.45, 7) is 3.91. The van der Waals surface area contributed by atoms with Crippen LogP contribution in [0, 0.1) is 13.8 Å². The highest BCUT2D eigenvalue weighted by Gasteiger charge is 2.17. The standard InChI is InChI=1S/C13H16ClN3O/c1-7-5-9(14)8(2)12(13(7)18-4)10-6-11(15)17(3)16-10/h5-6H,15H2,1-4H3. The van der Waals surface area contributed by atoms with Gasteiger partial charge in [-0.1, -0.05) is 11.6 Å². The van der Waals surface area contributed by atoms with Crippen molar-refractivity contribution in [2.75, 3.05) is 12.8 Å². The molecule has 5 heteroatoms. The molecular formula is C13H16ClN3O. The summed E-state index contributed by atoms with van der Waals surface area (Å²) in [5, 5.41) is 5.09. The minimum Gasteiger partial charge on any atom is -0.496 e. The van der Waals surface area contributed by atoms with Crippen LogP contribution in [0.4, 0.5) is 5.82 Å². The number of halogens is 1. The lowest BCUT2D eigenvalue weighted by Crippen LogP contribution is -1.98. The Balaban J connectivity index is 2.76. The molecule has 2 aromatic rings. The predicted octanol–water partition coefficient (Wildman–Crippen LogP) is 2.95. The van der Waals surface area contributed by atoms with Crippen LogP contribution in [0.5, 0.6) is 5.75 Å². The van der Waals surface area contributed by atoms with Crippen molar-refractivity contribution < 1.29 is 4.74 Å². The van der Waals surface area contributed by atoms with E-state index in [0.29, 0.717) is 10.8 Å². The van der Waals surface area contributed by atoms with Crippen LogP contribution in [-0.4, -0.2) is 16.9 Å². The zero-order chi connectivity index (χ0) is 13.4. The molecule has 0 aliphatic rings. The minimum absolute atomic E-state index is 0.601. The molecule has 0 saturated heterocycles. The molecule has 0 spiro atoms. The normalized spacial score (nSPS) is 10.7. The molecule has 1 aromatic carbocycles. The van der Waals surface area contributed by atoms with E-state index >= 15 is 0 Å². The van der Waals surface area contributed by atoms with Crippen molar-refractivity contribution in [1.82, 2.24) is 9.78 Å². The minimum atomic E-state index is 0.601. The fourth-order valence-electron chi connectivity index (χ4n) is 2.03. The van der Waals surface area contributed by atoms with Gasteiger partial charge in [-0.2, -0.15) is 5.10 Å². The van der Waals surface area contributed by atoms with Crippen LogP contribution in [-0.2, 0) is 7.05 Å². The second-order valence-corrected chi connectivity index (χ2v) is 4.69. The summed E-state index contributed by atoms with van der Waals surface area (Å²) in [7, 11) is 3.45. The number of nitrogen functional groups attached to an aromatic ring is 1. The van der Waals surface area contributed by atoms with Crippen molar-refractivity contribution >= 4 is 17.4 Å². The molecule has 18 heavy (non-hydrogen) atoms. The molecule has 96 valence electrons. The summed E-state index contributed by atoms with van der Waals surface area (Å²) in [6.07, 6.45) is 0. The van der Waals surface area contributed by atoms with Crippen molar-refractivity contribution in [1.29, 1.82) is 0 Å². The number of anilines is 1. The van der Waals surface area contributed by atoms with E-state index in [-0.39, 0.29) is 0 Å². The molecule has 4 nitrogen and oxygen atoms in total. The van der Waals surface area contributed by atoms with Gasteiger partial charge in [0, 0.05) is 23.7 Å². The van der Waals surface area contributed by atoms with Gasteiger partial charge in [-0.3, -0.25) is 4.68 Å². The van der Waals surface area contributed by atoms with E-state index < -0.39 is 0 Å². The smallest absolute Gasteiger partial charge is 0.131 e. The van der Waals surface area contributed by atoms with Gasteiger partial charge in [-0.15, -0.1) is 0 Å². The van der Waals surface area contributed by atoms with Crippen LogP contribution in [0.15, 0.2) is 12.1 Å². The Morgan fingerprint density at radius 1 is 1.33 bits per heavy atom. The first kappa shape index (κ1) is 12.8. The Kier molecular flexibility index (Phi) is 3.22. The van der Waals surface area contributed by atoms with Crippen LogP contribution >= 0.6 is 11.6 Å². The summed E-state index contributed by atoms with van der Waals surface area (Å²) in [4.78, 5) is 0. The van der Waals surface area contributed by atoms with Gasteiger partial charge in [0.05, 0.1) is 12.8 Å². The molecule has 2 rings (SSSR count). The SMILES string of the molecule is COc1c(C)cc(Cl)c(C)c1-c1cc(N)n(C)n1. The Labute approximate surface area is 111 Å².